The Labute approximate surface area is 75.7 Å². The molecule has 2 N–H and O–H groups in total. The van der Waals surface area contributed by atoms with E-state index in [0.717, 1.165) is 5.92 Å². The first-order valence-electron chi connectivity index (χ1n) is 5.46. The summed E-state index contributed by atoms with van der Waals surface area (Å²) in [6.45, 7) is 2.47. The summed E-state index contributed by atoms with van der Waals surface area (Å²) in [6, 6.07) is 0.510. The van der Waals surface area contributed by atoms with Crippen LogP contribution in [0.5, 0.6) is 0 Å². The molecule has 0 aromatic carbocycles. The lowest BCUT2D eigenvalue weighted by molar-refractivity contribution is 0.194. The van der Waals surface area contributed by atoms with Crippen molar-refractivity contribution in [2.75, 3.05) is 0 Å². The Morgan fingerprint density at radius 1 is 1.17 bits per heavy atom. The largest absolute Gasteiger partial charge is 0.328 e. The first-order chi connectivity index (χ1) is 5.71. The summed E-state index contributed by atoms with van der Waals surface area (Å²) < 4.78 is 0. The van der Waals surface area contributed by atoms with Gasteiger partial charge in [0.1, 0.15) is 0 Å². The first kappa shape index (κ1) is 8.55. The van der Waals surface area contributed by atoms with Gasteiger partial charge in [-0.15, -0.1) is 0 Å². The van der Waals surface area contributed by atoms with E-state index >= 15 is 0 Å². The van der Waals surface area contributed by atoms with Crippen LogP contribution in [0.4, 0.5) is 0 Å². The summed E-state index contributed by atoms with van der Waals surface area (Å²) in [5, 5.41) is 0. The standard InChI is InChI=1S/C11H21N/c1-11(7-6-10(12)8-11)9-4-2-3-5-9/h9-10H,2-8,12H2,1H3. The predicted molar refractivity (Wildman–Crippen MR) is 51.9 cm³/mol. The van der Waals surface area contributed by atoms with Crippen LogP contribution in [0.3, 0.4) is 0 Å². The Balaban J connectivity index is 2.00. The summed E-state index contributed by atoms with van der Waals surface area (Å²) in [5.41, 5.74) is 6.60. The minimum absolute atomic E-state index is 0.510. The van der Waals surface area contributed by atoms with Gasteiger partial charge in [-0.05, 0) is 43.4 Å². The maximum atomic E-state index is 5.98. The van der Waals surface area contributed by atoms with E-state index in [1.807, 2.05) is 0 Å². The van der Waals surface area contributed by atoms with Gasteiger partial charge in [0.25, 0.3) is 0 Å². The van der Waals surface area contributed by atoms with Crippen LogP contribution in [0.2, 0.25) is 0 Å². The maximum absolute atomic E-state index is 5.98. The third-order valence-corrected chi connectivity index (χ3v) is 4.16. The SMILES string of the molecule is CC1(C2CCCC2)CCC(N)C1. The Morgan fingerprint density at radius 3 is 2.33 bits per heavy atom. The highest BCUT2D eigenvalue weighted by Crippen LogP contribution is 2.49. The van der Waals surface area contributed by atoms with Gasteiger partial charge in [0.05, 0.1) is 0 Å². The number of nitrogens with two attached hydrogens (primary N) is 1. The van der Waals surface area contributed by atoms with E-state index < -0.39 is 0 Å². The number of rotatable bonds is 1. The van der Waals surface area contributed by atoms with E-state index in [2.05, 4.69) is 6.92 Å². The van der Waals surface area contributed by atoms with Gasteiger partial charge in [-0.2, -0.15) is 0 Å². The van der Waals surface area contributed by atoms with Crippen LogP contribution in [0.1, 0.15) is 51.9 Å². The van der Waals surface area contributed by atoms with Crippen LogP contribution < -0.4 is 5.73 Å². The Hall–Kier alpha value is -0.0400. The van der Waals surface area contributed by atoms with Crippen LogP contribution in [-0.4, -0.2) is 6.04 Å². The molecule has 1 nitrogen and oxygen atoms in total. The van der Waals surface area contributed by atoms with Crippen molar-refractivity contribution in [3.05, 3.63) is 0 Å². The van der Waals surface area contributed by atoms with Crippen molar-refractivity contribution < 1.29 is 0 Å². The van der Waals surface area contributed by atoms with Gasteiger partial charge >= 0.3 is 0 Å². The Kier molecular flexibility index (Phi) is 2.16. The van der Waals surface area contributed by atoms with Gasteiger partial charge in [0.2, 0.25) is 0 Å². The fourth-order valence-corrected chi connectivity index (χ4v) is 3.31. The smallest absolute Gasteiger partial charge is 0.00443 e. The highest BCUT2D eigenvalue weighted by molar-refractivity contribution is 4.93. The topological polar surface area (TPSA) is 26.0 Å². The van der Waals surface area contributed by atoms with Gasteiger partial charge < -0.3 is 5.73 Å². The van der Waals surface area contributed by atoms with E-state index in [1.165, 1.54) is 44.9 Å². The molecule has 0 aromatic rings. The molecule has 2 aliphatic rings. The molecule has 70 valence electrons. The molecule has 2 rings (SSSR count). The predicted octanol–water partition coefficient (Wildman–Crippen LogP) is 2.69. The maximum Gasteiger partial charge on any atom is 0.00443 e. The van der Waals surface area contributed by atoms with Crippen LogP contribution >= 0.6 is 0 Å². The monoisotopic (exact) mass is 167 g/mol. The molecule has 2 saturated carbocycles. The highest BCUT2D eigenvalue weighted by Gasteiger charge is 2.40. The second-order valence-corrected chi connectivity index (χ2v) is 5.14. The first-order valence-corrected chi connectivity index (χ1v) is 5.46. The van der Waals surface area contributed by atoms with Crippen molar-refractivity contribution in [2.45, 2.75) is 57.9 Å². The molecule has 2 aliphatic carbocycles. The van der Waals surface area contributed by atoms with Crippen molar-refractivity contribution in [3.63, 3.8) is 0 Å². The van der Waals surface area contributed by atoms with Crippen molar-refractivity contribution in [2.24, 2.45) is 17.1 Å². The zero-order chi connectivity index (χ0) is 8.60. The summed E-state index contributed by atoms with van der Waals surface area (Å²) in [4.78, 5) is 0. The fraction of sp³-hybridized carbons (Fsp3) is 1.00. The molecular weight excluding hydrogens is 146 g/mol. The van der Waals surface area contributed by atoms with Gasteiger partial charge in [-0.1, -0.05) is 19.8 Å². The molecule has 0 aromatic heterocycles. The van der Waals surface area contributed by atoms with Gasteiger partial charge in [0, 0.05) is 6.04 Å². The van der Waals surface area contributed by atoms with Gasteiger partial charge in [-0.25, -0.2) is 0 Å². The molecule has 0 radical (unpaired) electrons. The normalized spacial score (nSPS) is 44.0. The third-order valence-electron chi connectivity index (χ3n) is 4.16. The quantitative estimate of drug-likeness (QED) is 0.638. The third kappa shape index (κ3) is 1.39. The summed E-state index contributed by atoms with van der Waals surface area (Å²) in [7, 11) is 0. The zero-order valence-corrected chi connectivity index (χ0v) is 8.18. The zero-order valence-electron chi connectivity index (χ0n) is 8.18. The van der Waals surface area contributed by atoms with Crippen molar-refractivity contribution in [1.29, 1.82) is 0 Å². The fourth-order valence-electron chi connectivity index (χ4n) is 3.31. The summed E-state index contributed by atoms with van der Waals surface area (Å²) >= 11 is 0. The molecule has 12 heavy (non-hydrogen) atoms. The van der Waals surface area contributed by atoms with E-state index in [4.69, 9.17) is 5.73 Å². The molecule has 2 unspecified atom stereocenters. The Bertz CT molecular complexity index is 160. The second-order valence-electron chi connectivity index (χ2n) is 5.14. The summed E-state index contributed by atoms with van der Waals surface area (Å²) in [6.07, 6.45) is 9.83. The van der Waals surface area contributed by atoms with Crippen molar-refractivity contribution >= 4 is 0 Å². The Morgan fingerprint density at radius 2 is 1.83 bits per heavy atom. The van der Waals surface area contributed by atoms with E-state index in [-0.39, 0.29) is 0 Å². The molecule has 2 fully saturated rings. The minimum Gasteiger partial charge on any atom is -0.328 e. The molecule has 1 heteroatoms. The highest BCUT2D eigenvalue weighted by atomic mass is 14.7. The van der Waals surface area contributed by atoms with Crippen molar-refractivity contribution in [1.82, 2.24) is 0 Å². The molecule has 0 aliphatic heterocycles. The lowest BCUT2D eigenvalue weighted by Crippen LogP contribution is -2.25. The summed E-state index contributed by atoms with van der Waals surface area (Å²) in [5.74, 6) is 1.01. The molecule has 0 bridgehead atoms. The lowest BCUT2D eigenvalue weighted by atomic mass is 9.74. The average Bonchev–Trinajstić information content (AvgIpc) is 2.59. The van der Waals surface area contributed by atoms with Crippen LogP contribution in [0, 0.1) is 11.3 Å². The molecular formula is C11H21N. The molecule has 0 saturated heterocycles. The average molecular weight is 167 g/mol. The van der Waals surface area contributed by atoms with Crippen molar-refractivity contribution in [3.8, 4) is 0 Å². The number of hydrogen-bond donors (Lipinski definition) is 1. The van der Waals surface area contributed by atoms with E-state index in [0.29, 0.717) is 11.5 Å². The molecule has 0 heterocycles. The second kappa shape index (κ2) is 3.02. The van der Waals surface area contributed by atoms with Crippen LogP contribution in [0.15, 0.2) is 0 Å². The van der Waals surface area contributed by atoms with Crippen LogP contribution in [0.25, 0.3) is 0 Å². The van der Waals surface area contributed by atoms with Crippen LogP contribution in [-0.2, 0) is 0 Å². The molecule has 0 spiro atoms. The van der Waals surface area contributed by atoms with E-state index in [1.54, 1.807) is 0 Å². The van der Waals surface area contributed by atoms with Gasteiger partial charge in [-0.3, -0.25) is 0 Å². The molecule has 2 atom stereocenters. The number of hydrogen-bond acceptors (Lipinski definition) is 1. The van der Waals surface area contributed by atoms with Gasteiger partial charge in [0.15, 0.2) is 0 Å². The molecule has 0 amide bonds. The lowest BCUT2D eigenvalue weighted by Gasteiger charge is -2.31. The minimum atomic E-state index is 0.510. The van der Waals surface area contributed by atoms with E-state index in [9.17, 15) is 0 Å².